The Morgan fingerprint density at radius 3 is 1.49 bits per heavy atom. The van der Waals surface area contributed by atoms with E-state index >= 15 is 0 Å². The fourth-order valence-electron chi connectivity index (χ4n) is 5.98. The second-order valence-corrected chi connectivity index (χ2v) is 10.4. The Balaban J connectivity index is 1.40. The molecule has 0 atom stereocenters. The van der Waals surface area contributed by atoms with E-state index < -0.39 is 0 Å². The second kappa shape index (κ2) is 9.11. The van der Waals surface area contributed by atoms with Crippen molar-refractivity contribution < 1.29 is 20.9 Å². The standard InChI is InChI=1S/C39H23N5O/c1-6-16-31-25(11-1)26-12-2-7-17-32(26)43(31)38-40-37(24-21-22-30-29-15-5-10-20-35(29)45-36(30)23-24)41-39(42-38)44-33-18-8-3-13-27(33)28-14-4-9-19-34(28)44/h1-23H/i1D,2D,3D,4D,11D,12D,13D,14D,16D,17D,18D,19D. The van der Waals surface area contributed by atoms with Crippen LogP contribution in [0.5, 0.6) is 0 Å². The van der Waals surface area contributed by atoms with Crippen LogP contribution >= 0.6 is 0 Å². The molecule has 0 fully saturated rings. The molecule has 6 heteroatoms. The molecule has 0 aliphatic carbocycles. The molecule has 10 rings (SSSR count). The maximum Gasteiger partial charge on any atom is 0.240 e. The van der Waals surface area contributed by atoms with Crippen LogP contribution in [0.1, 0.15) is 16.4 Å². The summed E-state index contributed by atoms with van der Waals surface area (Å²) in [6.07, 6.45) is 0. The normalized spacial score (nSPS) is 15.7. The van der Waals surface area contributed by atoms with E-state index in [4.69, 9.17) is 35.8 Å². The van der Waals surface area contributed by atoms with Crippen molar-refractivity contribution in [2.45, 2.75) is 0 Å². The van der Waals surface area contributed by atoms with Crippen LogP contribution in [0.3, 0.4) is 0 Å². The third-order valence-electron chi connectivity index (χ3n) is 7.90. The minimum atomic E-state index is -0.337. The van der Waals surface area contributed by atoms with Gasteiger partial charge in [-0.05, 0) is 42.4 Å². The molecule has 0 aliphatic heterocycles. The van der Waals surface area contributed by atoms with Crippen molar-refractivity contribution in [3.05, 3.63) is 139 Å². The molecule has 6 aromatic carbocycles. The SMILES string of the molecule is [2H]c1cc([2H])c2c(c1[2H])c1c([2H])c([2H])cc([2H])c1n2-c1nc(-c2ccc3c(c2)oc2ccccc23)nc(-n2c3c([2H])cc([2H])c([2H])c3c3c([2H])c([2H])cc([2H])c32)n1. The lowest BCUT2D eigenvalue weighted by molar-refractivity contribution is 0.669. The third kappa shape index (κ3) is 3.48. The average Bonchev–Trinajstić information content (AvgIpc) is 3.87. The van der Waals surface area contributed by atoms with Crippen molar-refractivity contribution in [1.82, 2.24) is 24.1 Å². The van der Waals surface area contributed by atoms with E-state index in [2.05, 4.69) is 0 Å². The predicted octanol–water partition coefficient (Wildman–Crippen LogP) is 9.63. The van der Waals surface area contributed by atoms with Gasteiger partial charge in [-0.15, -0.1) is 0 Å². The van der Waals surface area contributed by atoms with Gasteiger partial charge in [-0.3, -0.25) is 9.13 Å². The average molecular weight is 590 g/mol. The van der Waals surface area contributed by atoms with E-state index in [-0.39, 0.29) is 134 Å². The monoisotopic (exact) mass is 589 g/mol. The lowest BCUT2D eigenvalue weighted by Gasteiger charge is -2.12. The molecule has 10 aromatic rings. The van der Waals surface area contributed by atoms with Crippen molar-refractivity contribution in [3.63, 3.8) is 0 Å². The molecule has 0 aliphatic rings. The van der Waals surface area contributed by atoms with Gasteiger partial charge in [-0.2, -0.15) is 15.0 Å². The fourth-order valence-corrected chi connectivity index (χ4v) is 5.98. The highest BCUT2D eigenvalue weighted by Crippen LogP contribution is 2.35. The zero-order valence-electron chi connectivity index (χ0n) is 35.0. The Morgan fingerprint density at radius 1 is 0.467 bits per heavy atom. The Morgan fingerprint density at radius 2 is 0.956 bits per heavy atom. The summed E-state index contributed by atoms with van der Waals surface area (Å²) in [6.45, 7) is 0. The number of aromatic nitrogens is 5. The molecule has 0 unspecified atom stereocenters. The lowest BCUT2D eigenvalue weighted by atomic mass is 10.1. The van der Waals surface area contributed by atoms with Gasteiger partial charge in [0.15, 0.2) is 5.82 Å². The van der Waals surface area contributed by atoms with Gasteiger partial charge in [0.2, 0.25) is 11.9 Å². The number of fused-ring (bicyclic) bond motifs is 9. The van der Waals surface area contributed by atoms with E-state index in [9.17, 15) is 0 Å². The highest BCUT2D eigenvalue weighted by molar-refractivity contribution is 6.10. The second-order valence-electron chi connectivity index (χ2n) is 10.4. The minimum absolute atomic E-state index is 0.0105. The highest BCUT2D eigenvalue weighted by Gasteiger charge is 2.20. The Kier molecular flexibility index (Phi) is 3.13. The number of rotatable bonds is 3. The van der Waals surface area contributed by atoms with Crippen molar-refractivity contribution in [2.75, 3.05) is 0 Å². The first-order chi connectivity index (χ1) is 27.2. The molecule has 0 saturated heterocycles. The first-order valence-corrected chi connectivity index (χ1v) is 14.0. The maximum absolute atomic E-state index is 9.02. The van der Waals surface area contributed by atoms with Gasteiger partial charge in [0.25, 0.3) is 0 Å². The van der Waals surface area contributed by atoms with Gasteiger partial charge in [-0.25, -0.2) is 0 Å². The number of nitrogens with zero attached hydrogens (tertiary/aromatic N) is 5. The summed E-state index contributed by atoms with van der Waals surface area (Å²) in [5.41, 5.74) is 1.50. The number of hydrogen-bond donors (Lipinski definition) is 0. The molecule has 210 valence electrons. The van der Waals surface area contributed by atoms with Gasteiger partial charge in [-0.1, -0.05) is 96.9 Å². The van der Waals surface area contributed by atoms with Crippen molar-refractivity contribution in [1.29, 1.82) is 0 Å². The molecule has 4 aromatic heterocycles. The summed E-state index contributed by atoms with van der Waals surface area (Å²) in [6, 6.07) is 13.9. The molecule has 4 heterocycles. The largest absolute Gasteiger partial charge is 0.456 e. The lowest BCUT2D eigenvalue weighted by Crippen LogP contribution is -2.10. The molecule has 0 bridgehead atoms. The van der Waals surface area contributed by atoms with Crippen LogP contribution in [0.25, 0.3) is 88.8 Å². The van der Waals surface area contributed by atoms with Crippen LogP contribution in [-0.4, -0.2) is 24.1 Å². The third-order valence-corrected chi connectivity index (χ3v) is 7.90. The highest BCUT2D eigenvalue weighted by atomic mass is 16.3. The quantitative estimate of drug-likeness (QED) is 0.206. The molecular formula is C39H23N5O. The van der Waals surface area contributed by atoms with Crippen LogP contribution in [0, 0.1) is 0 Å². The summed E-state index contributed by atoms with van der Waals surface area (Å²) < 4.78 is 114. The van der Waals surface area contributed by atoms with Crippen LogP contribution < -0.4 is 0 Å². The van der Waals surface area contributed by atoms with Crippen molar-refractivity contribution in [3.8, 4) is 23.3 Å². The molecular weight excluding hydrogens is 554 g/mol. The first-order valence-electron chi connectivity index (χ1n) is 20.0. The van der Waals surface area contributed by atoms with Gasteiger partial charge >= 0.3 is 0 Å². The smallest absolute Gasteiger partial charge is 0.240 e. The van der Waals surface area contributed by atoms with E-state index in [1.807, 2.05) is 30.3 Å². The number of para-hydroxylation sites is 5. The van der Waals surface area contributed by atoms with E-state index in [1.165, 1.54) is 9.13 Å². The van der Waals surface area contributed by atoms with Gasteiger partial charge in [0.05, 0.1) is 38.5 Å². The fraction of sp³-hybridized carbons (Fsp3) is 0. The molecule has 45 heavy (non-hydrogen) atoms. The Bertz CT molecular complexity index is 3150. The van der Waals surface area contributed by atoms with Crippen LogP contribution in [0.15, 0.2) is 144 Å². The molecule has 0 saturated carbocycles. The number of benzene rings is 6. The van der Waals surface area contributed by atoms with Crippen molar-refractivity contribution >= 4 is 65.6 Å². The Hall–Kier alpha value is -6.27. The molecule has 0 amide bonds. The zero-order chi connectivity index (χ0) is 39.9. The summed E-state index contributed by atoms with van der Waals surface area (Å²) in [4.78, 5) is 14.5. The van der Waals surface area contributed by atoms with E-state index in [1.54, 1.807) is 12.1 Å². The predicted molar refractivity (Wildman–Crippen MR) is 181 cm³/mol. The summed E-state index contributed by atoms with van der Waals surface area (Å²) in [7, 11) is 0. The van der Waals surface area contributed by atoms with Gasteiger partial charge in [0, 0.05) is 37.9 Å². The molecule has 0 spiro atoms. The van der Waals surface area contributed by atoms with E-state index in [0.717, 1.165) is 35.0 Å². The summed E-state index contributed by atoms with van der Waals surface area (Å²) >= 11 is 0. The molecule has 0 N–H and O–H groups in total. The summed E-state index contributed by atoms with van der Waals surface area (Å²) in [5.74, 6) is -0.442. The zero-order valence-corrected chi connectivity index (χ0v) is 23.0. The molecule has 0 radical (unpaired) electrons. The van der Waals surface area contributed by atoms with Crippen LogP contribution in [-0.2, 0) is 0 Å². The maximum atomic E-state index is 9.02. The number of hydrogen-bond acceptors (Lipinski definition) is 4. The Labute approximate surface area is 273 Å². The van der Waals surface area contributed by atoms with E-state index in [0.29, 0.717) is 16.7 Å². The number of furan rings is 1. The summed E-state index contributed by atoms with van der Waals surface area (Å²) in [5, 5.41) is 1.60. The first kappa shape index (κ1) is 15.5. The topological polar surface area (TPSA) is 61.7 Å². The molecule has 6 nitrogen and oxygen atoms in total. The van der Waals surface area contributed by atoms with Gasteiger partial charge < -0.3 is 4.42 Å². The van der Waals surface area contributed by atoms with Crippen LogP contribution in [0.2, 0.25) is 0 Å². The van der Waals surface area contributed by atoms with Crippen LogP contribution in [0.4, 0.5) is 0 Å². The van der Waals surface area contributed by atoms with Gasteiger partial charge in [0.1, 0.15) is 11.2 Å². The van der Waals surface area contributed by atoms with Crippen molar-refractivity contribution in [2.24, 2.45) is 0 Å². The minimum Gasteiger partial charge on any atom is -0.456 e.